The summed E-state index contributed by atoms with van der Waals surface area (Å²) in [4.78, 5) is 34.9. The van der Waals surface area contributed by atoms with Crippen molar-refractivity contribution in [2.24, 2.45) is 5.73 Å². The van der Waals surface area contributed by atoms with Gasteiger partial charge in [-0.3, -0.25) is 14.3 Å². The lowest BCUT2D eigenvalue weighted by molar-refractivity contribution is 0.0995. The lowest BCUT2D eigenvalue weighted by Gasteiger charge is -2.27. The van der Waals surface area contributed by atoms with Crippen LogP contribution in [0.15, 0.2) is 35.2 Å². The van der Waals surface area contributed by atoms with E-state index in [0.717, 1.165) is 18.9 Å². The highest BCUT2D eigenvalue weighted by Crippen LogP contribution is 2.23. The third-order valence-corrected chi connectivity index (χ3v) is 4.64. The van der Waals surface area contributed by atoms with Crippen LogP contribution in [0.25, 0.3) is 11.5 Å². The molecule has 0 bridgehead atoms. The van der Waals surface area contributed by atoms with Crippen molar-refractivity contribution < 1.29 is 23.8 Å². The average Bonchev–Trinajstić information content (AvgIpc) is 3.42. The van der Waals surface area contributed by atoms with E-state index in [9.17, 15) is 9.59 Å². The molecule has 1 aliphatic heterocycles. The molecule has 162 valence electrons. The monoisotopic (exact) mass is 427 g/mol. The number of hydrogen-bond acceptors (Lipinski definition) is 9. The number of primary amides is 1. The van der Waals surface area contributed by atoms with Crippen LogP contribution in [0.4, 0.5) is 11.5 Å². The number of carbonyl (C=O) groups is 2. The Bertz CT molecular complexity index is 1090. The van der Waals surface area contributed by atoms with Crippen LogP contribution in [-0.4, -0.2) is 69.6 Å². The summed E-state index contributed by atoms with van der Waals surface area (Å²) in [5.74, 6) is -0.371. The normalized spacial score (nSPS) is 13.9. The molecular weight excluding hydrogens is 406 g/mol. The molecule has 0 spiro atoms. The minimum atomic E-state index is -0.805. The van der Waals surface area contributed by atoms with Crippen LogP contribution in [-0.2, 0) is 11.3 Å². The van der Waals surface area contributed by atoms with Gasteiger partial charge in [-0.25, -0.2) is 9.97 Å². The predicted molar refractivity (Wildman–Crippen MR) is 109 cm³/mol. The van der Waals surface area contributed by atoms with Crippen LogP contribution in [0.1, 0.15) is 21.0 Å². The number of anilines is 2. The van der Waals surface area contributed by atoms with Crippen molar-refractivity contribution in [3.63, 3.8) is 0 Å². The highest BCUT2D eigenvalue weighted by Gasteiger charge is 2.20. The van der Waals surface area contributed by atoms with Gasteiger partial charge in [0.05, 0.1) is 32.1 Å². The molecule has 0 aromatic carbocycles. The summed E-state index contributed by atoms with van der Waals surface area (Å²) >= 11 is 0. The maximum atomic E-state index is 12.6. The summed E-state index contributed by atoms with van der Waals surface area (Å²) in [6.45, 7) is 2.72. The van der Waals surface area contributed by atoms with Crippen LogP contribution in [0, 0.1) is 0 Å². The number of hydrogen-bond donors (Lipinski definition) is 3. The largest absolute Gasteiger partial charge is 0.444 e. The van der Waals surface area contributed by atoms with Gasteiger partial charge in [0.2, 0.25) is 5.89 Å². The summed E-state index contributed by atoms with van der Waals surface area (Å²) in [6.07, 6.45) is 4.28. The molecule has 0 unspecified atom stereocenters. The Kier molecular flexibility index (Phi) is 5.91. The van der Waals surface area contributed by atoms with Crippen molar-refractivity contribution in [3.05, 3.63) is 42.2 Å². The number of amides is 2. The fraction of sp³-hybridized carbons (Fsp3) is 0.316. The van der Waals surface area contributed by atoms with Crippen LogP contribution in [0.5, 0.6) is 0 Å². The second kappa shape index (κ2) is 8.93. The number of nitrogens with one attached hydrogen (secondary N) is 1. The van der Waals surface area contributed by atoms with E-state index in [1.807, 2.05) is 6.07 Å². The zero-order valence-corrected chi connectivity index (χ0v) is 16.5. The number of pyridine rings is 1. The minimum Gasteiger partial charge on any atom is -0.444 e. The first-order chi connectivity index (χ1) is 15.0. The SMILES string of the molecule is NC(=O)c1nn(CCO)cc1NC(=O)c1coc(-c2ccnc(N3CCOCC3)c2)n1. The van der Waals surface area contributed by atoms with Gasteiger partial charge in [-0.2, -0.15) is 5.10 Å². The molecule has 1 saturated heterocycles. The number of aliphatic hydroxyl groups is 1. The van der Waals surface area contributed by atoms with Crippen molar-refractivity contribution in [1.82, 2.24) is 19.7 Å². The summed E-state index contributed by atoms with van der Waals surface area (Å²) in [5, 5.41) is 15.5. The molecule has 0 aliphatic carbocycles. The van der Waals surface area contributed by atoms with Crippen molar-refractivity contribution in [1.29, 1.82) is 0 Å². The van der Waals surface area contributed by atoms with Gasteiger partial charge in [0.25, 0.3) is 11.8 Å². The third kappa shape index (κ3) is 4.54. The van der Waals surface area contributed by atoms with Crippen LogP contribution >= 0.6 is 0 Å². The van der Waals surface area contributed by atoms with Crippen molar-refractivity contribution in [2.45, 2.75) is 6.54 Å². The number of carbonyl (C=O) groups excluding carboxylic acids is 2. The molecule has 4 heterocycles. The molecule has 12 heteroatoms. The van der Waals surface area contributed by atoms with Gasteiger partial charge in [0.15, 0.2) is 11.4 Å². The summed E-state index contributed by atoms with van der Waals surface area (Å²) in [7, 11) is 0. The predicted octanol–water partition coefficient (Wildman–Crippen LogP) is 0.113. The summed E-state index contributed by atoms with van der Waals surface area (Å²) in [5.41, 5.74) is 6.01. The Morgan fingerprint density at radius 1 is 1.29 bits per heavy atom. The lowest BCUT2D eigenvalue weighted by atomic mass is 10.2. The topological polar surface area (TPSA) is 162 Å². The maximum Gasteiger partial charge on any atom is 0.277 e. The zero-order chi connectivity index (χ0) is 21.8. The molecule has 1 aliphatic rings. The average molecular weight is 427 g/mol. The van der Waals surface area contributed by atoms with E-state index >= 15 is 0 Å². The van der Waals surface area contributed by atoms with Gasteiger partial charge in [0.1, 0.15) is 12.1 Å². The molecule has 1 fully saturated rings. The third-order valence-electron chi connectivity index (χ3n) is 4.64. The van der Waals surface area contributed by atoms with E-state index in [1.54, 1.807) is 12.3 Å². The number of oxazole rings is 1. The van der Waals surface area contributed by atoms with Crippen LogP contribution in [0.3, 0.4) is 0 Å². The van der Waals surface area contributed by atoms with E-state index in [0.29, 0.717) is 18.8 Å². The van der Waals surface area contributed by atoms with E-state index in [1.165, 1.54) is 17.1 Å². The van der Waals surface area contributed by atoms with E-state index < -0.39 is 11.8 Å². The van der Waals surface area contributed by atoms with Gasteiger partial charge in [-0.15, -0.1) is 0 Å². The molecule has 2 amide bonds. The Morgan fingerprint density at radius 3 is 2.84 bits per heavy atom. The van der Waals surface area contributed by atoms with Gasteiger partial charge < -0.3 is 30.2 Å². The fourth-order valence-electron chi connectivity index (χ4n) is 3.13. The highest BCUT2D eigenvalue weighted by molar-refractivity contribution is 6.07. The van der Waals surface area contributed by atoms with Crippen LogP contribution < -0.4 is 16.0 Å². The van der Waals surface area contributed by atoms with Gasteiger partial charge in [0, 0.05) is 31.0 Å². The number of morpholine rings is 1. The fourth-order valence-corrected chi connectivity index (χ4v) is 3.13. The highest BCUT2D eigenvalue weighted by atomic mass is 16.5. The van der Waals surface area contributed by atoms with Crippen molar-refractivity contribution in [2.75, 3.05) is 43.1 Å². The molecular formula is C19H21N7O5. The molecule has 0 atom stereocenters. The molecule has 31 heavy (non-hydrogen) atoms. The standard InChI is InChI=1S/C19H21N7O5/c20-17(28)16-13(10-26(24-16)3-6-27)22-18(29)14-11-31-19(23-14)12-1-2-21-15(9-12)25-4-7-30-8-5-25/h1-2,9-11,27H,3-8H2,(H2,20,28)(H,22,29). The molecule has 0 saturated carbocycles. The second-order valence-corrected chi connectivity index (χ2v) is 6.74. The smallest absolute Gasteiger partial charge is 0.277 e. The molecule has 0 radical (unpaired) electrons. The summed E-state index contributed by atoms with van der Waals surface area (Å²) < 4.78 is 12.2. The molecule has 3 aromatic heterocycles. The lowest BCUT2D eigenvalue weighted by Crippen LogP contribution is -2.36. The molecule has 4 N–H and O–H groups in total. The van der Waals surface area contributed by atoms with E-state index in [4.69, 9.17) is 20.0 Å². The first-order valence-corrected chi connectivity index (χ1v) is 9.59. The van der Waals surface area contributed by atoms with Gasteiger partial charge >= 0.3 is 0 Å². The number of rotatable bonds is 7. The van der Waals surface area contributed by atoms with Crippen LogP contribution in [0.2, 0.25) is 0 Å². The first kappa shape index (κ1) is 20.5. The minimum absolute atomic E-state index is 0.0186. The number of nitrogens with two attached hydrogens (primary N) is 1. The zero-order valence-electron chi connectivity index (χ0n) is 16.5. The molecule has 12 nitrogen and oxygen atoms in total. The van der Waals surface area contributed by atoms with E-state index in [-0.39, 0.29) is 36.1 Å². The number of aromatic nitrogens is 4. The quantitative estimate of drug-likeness (QED) is 0.475. The molecule has 4 rings (SSSR count). The Morgan fingerprint density at radius 2 is 2.10 bits per heavy atom. The van der Waals surface area contributed by atoms with Crippen molar-refractivity contribution in [3.8, 4) is 11.5 Å². The van der Waals surface area contributed by atoms with Gasteiger partial charge in [-0.1, -0.05) is 0 Å². The maximum absolute atomic E-state index is 12.6. The van der Waals surface area contributed by atoms with Gasteiger partial charge in [-0.05, 0) is 12.1 Å². The number of aliphatic hydroxyl groups excluding tert-OH is 1. The first-order valence-electron chi connectivity index (χ1n) is 9.59. The Hall–Kier alpha value is -3.77. The summed E-state index contributed by atoms with van der Waals surface area (Å²) in [6, 6.07) is 3.57. The Balaban J connectivity index is 1.51. The second-order valence-electron chi connectivity index (χ2n) is 6.74. The van der Waals surface area contributed by atoms with E-state index in [2.05, 4.69) is 25.3 Å². The Labute approximate surface area is 176 Å². The van der Waals surface area contributed by atoms with Crippen molar-refractivity contribution >= 4 is 23.3 Å². The number of ether oxygens (including phenoxy) is 1. The number of nitrogens with zero attached hydrogens (tertiary/aromatic N) is 5. The molecule has 3 aromatic rings.